The molecule has 0 aliphatic rings. The molecule has 8 nitrogen and oxygen atoms in total. The summed E-state index contributed by atoms with van der Waals surface area (Å²) < 4.78 is 18.2. The Morgan fingerprint density at radius 1 is 1.13 bits per heavy atom. The molecule has 2 aromatic heterocycles. The fraction of sp³-hybridized carbons (Fsp3) is 0.190. The summed E-state index contributed by atoms with van der Waals surface area (Å²) in [6.45, 7) is 0. The van der Waals surface area contributed by atoms with Crippen LogP contribution in [0.5, 0.6) is 11.5 Å². The third kappa shape index (κ3) is 3.97. The van der Waals surface area contributed by atoms with Gasteiger partial charge in [-0.05, 0) is 24.3 Å². The van der Waals surface area contributed by atoms with Gasteiger partial charge in [-0.15, -0.1) is 10.2 Å². The van der Waals surface area contributed by atoms with Crippen LogP contribution < -0.4 is 14.8 Å². The van der Waals surface area contributed by atoms with Gasteiger partial charge in [0.2, 0.25) is 5.91 Å². The van der Waals surface area contributed by atoms with Crippen LogP contribution in [0, 0.1) is 0 Å². The van der Waals surface area contributed by atoms with Crippen LogP contribution in [0.2, 0.25) is 0 Å². The number of nitrogens with one attached hydrogen (secondary N) is 1. The monoisotopic (exact) mass is 424 g/mol. The number of hydrogen-bond donors (Lipinski definition) is 1. The van der Waals surface area contributed by atoms with Gasteiger partial charge in [0, 0.05) is 24.0 Å². The molecule has 30 heavy (non-hydrogen) atoms. The van der Waals surface area contributed by atoms with E-state index >= 15 is 0 Å². The van der Waals surface area contributed by atoms with E-state index < -0.39 is 0 Å². The maximum Gasteiger partial charge on any atom is 0.277 e. The summed E-state index contributed by atoms with van der Waals surface area (Å²) in [5, 5.41) is 12.4. The topological polar surface area (TPSA) is 91.4 Å². The fourth-order valence-corrected chi connectivity index (χ4v) is 3.65. The lowest BCUT2D eigenvalue weighted by Gasteiger charge is -2.11. The third-order valence-corrected chi connectivity index (χ3v) is 5.40. The van der Waals surface area contributed by atoms with E-state index in [9.17, 15) is 4.79 Å². The van der Waals surface area contributed by atoms with Gasteiger partial charge in [0.25, 0.3) is 11.1 Å². The summed E-state index contributed by atoms with van der Waals surface area (Å²) in [6.07, 6.45) is 0. The van der Waals surface area contributed by atoms with Crippen molar-refractivity contribution in [2.45, 2.75) is 5.22 Å². The summed E-state index contributed by atoms with van der Waals surface area (Å²) in [7, 11) is 5.05. The maximum atomic E-state index is 12.4. The van der Waals surface area contributed by atoms with Gasteiger partial charge in [0.15, 0.2) is 0 Å². The van der Waals surface area contributed by atoms with Gasteiger partial charge >= 0.3 is 0 Å². The highest BCUT2D eigenvalue weighted by Crippen LogP contribution is 2.30. The molecule has 0 aliphatic carbocycles. The van der Waals surface area contributed by atoms with E-state index in [1.807, 2.05) is 41.9 Å². The Morgan fingerprint density at radius 3 is 2.73 bits per heavy atom. The van der Waals surface area contributed by atoms with Crippen LogP contribution in [-0.4, -0.2) is 40.6 Å². The Labute approximate surface area is 177 Å². The van der Waals surface area contributed by atoms with E-state index in [1.54, 1.807) is 32.4 Å². The molecule has 2 aromatic carbocycles. The molecule has 0 atom stereocenters. The number of carbonyl (C=O) groups is 1. The molecule has 0 aliphatic heterocycles. The average molecular weight is 424 g/mol. The molecule has 1 N–H and O–H groups in total. The highest BCUT2D eigenvalue weighted by molar-refractivity contribution is 7.99. The number of ether oxygens (including phenoxy) is 2. The summed E-state index contributed by atoms with van der Waals surface area (Å²) in [5.41, 5.74) is 2.43. The zero-order chi connectivity index (χ0) is 21.1. The number of hydrogen-bond acceptors (Lipinski definition) is 7. The Morgan fingerprint density at radius 2 is 1.97 bits per heavy atom. The molecule has 154 valence electrons. The van der Waals surface area contributed by atoms with E-state index in [-0.39, 0.29) is 11.7 Å². The highest BCUT2D eigenvalue weighted by atomic mass is 32.2. The van der Waals surface area contributed by atoms with Crippen LogP contribution >= 0.6 is 11.8 Å². The minimum Gasteiger partial charge on any atom is -0.497 e. The number of aryl methyl sites for hydroxylation is 1. The summed E-state index contributed by atoms with van der Waals surface area (Å²) in [5.74, 6) is 1.46. The van der Waals surface area contributed by atoms with E-state index in [1.165, 1.54) is 11.8 Å². The first-order chi connectivity index (χ1) is 14.6. The van der Waals surface area contributed by atoms with Crippen molar-refractivity contribution in [3.8, 4) is 23.1 Å². The van der Waals surface area contributed by atoms with Gasteiger partial charge in [0.1, 0.15) is 17.2 Å². The minimum absolute atomic E-state index is 0.108. The lowest BCUT2D eigenvalue weighted by molar-refractivity contribution is -0.113. The predicted octanol–water partition coefficient (Wildman–Crippen LogP) is 3.98. The van der Waals surface area contributed by atoms with E-state index in [0.29, 0.717) is 28.3 Å². The van der Waals surface area contributed by atoms with Crippen LogP contribution in [0.25, 0.3) is 22.5 Å². The number of fused-ring (bicyclic) bond motifs is 1. The molecule has 0 bridgehead atoms. The molecule has 4 aromatic rings. The number of anilines is 1. The van der Waals surface area contributed by atoms with Crippen molar-refractivity contribution in [1.82, 2.24) is 14.8 Å². The first-order valence-electron chi connectivity index (χ1n) is 9.12. The van der Waals surface area contributed by atoms with Crippen molar-refractivity contribution >= 4 is 34.3 Å². The van der Waals surface area contributed by atoms with Crippen LogP contribution in [0.3, 0.4) is 0 Å². The van der Waals surface area contributed by atoms with Crippen LogP contribution in [0.1, 0.15) is 0 Å². The molecule has 0 saturated carbocycles. The van der Waals surface area contributed by atoms with Crippen molar-refractivity contribution in [1.29, 1.82) is 0 Å². The second-order valence-electron chi connectivity index (χ2n) is 6.42. The van der Waals surface area contributed by atoms with Crippen LogP contribution in [0.15, 0.2) is 58.2 Å². The van der Waals surface area contributed by atoms with E-state index in [2.05, 4.69) is 15.5 Å². The quantitative estimate of drug-likeness (QED) is 0.449. The van der Waals surface area contributed by atoms with E-state index in [0.717, 1.165) is 16.6 Å². The zero-order valence-electron chi connectivity index (χ0n) is 16.7. The second kappa shape index (κ2) is 8.50. The minimum atomic E-state index is -0.226. The van der Waals surface area contributed by atoms with Crippen LogP contribution in [-0.2, 0) is 11.8 Å². The number of aromatic nitrogens is 3. The van der Waals surface area contributed by atoms with Gasteiger partial charge < -0.3 is 23.8 Å². The molecule has 9 heteroatoms. The molecule has 0 spiro atoms. The number of methoxy groups -OCH3 is 2. The second-order valence-corrected chi connectivity index (χ2v) is 7.35. The van der Waals surface area contributed by atoms with Crippen molar-refractivity contribution < 1.29 is 18.7 Å². The van der Waals surface area contributed by atoms with Crippen molar-refractivity contribution in [2.75, 3.05) is 25.3 Å². The molecule has 0 unspecified atom stereocenters. The van der Waals surface area contributed by atoms with Crippen molar-refractivity contribution in [3.63, 3.8) is 0 Å². The normalized spacial score (nSPS) is 10.9. The number of benzene rings is 2. The summed E-state index contributed by atoms with van der Waals surface area (Å²) in [4.78, 5) is 12.4. The lowest BCUT2D eigenvalue weighted by Crippen LogP contribution is -2.14. The Hall–Kier alpha value is -3.46. The van der Waals surface area contributed by atoms with Gasteiger partial charge in [-0.2, -0.15) is 0 Å². The SMILES string of the molecule is COc1ccc(OC)c(NC(=O)CSc2nnc(-c3cc4ccccc4n3C)o2)c1. The Kier molecular flexibility index (Phi) is 5.62. The first kappa shape index (κ1) is 19.8. The standard InChI is InChI=1S/C21H20N4O4S/c1-25-16-7-5-4-6-13(16)10-17(25)20-23-24-21(29-20)30-12-19(26)22-15-11-14(27-2)8-9-18(15)28-3/h4-11H,12H2,1-3H3,(H,22,26). The van der Waals surface area contributed by atoms with E-state index in [4.69, 9.17) is 13.9 Å². The van der Waals surface area contributed by atoms with Gasteiger partial charge in [-0.1, -0.05) is 30.0 Å². The molecule has 4 rings (SSSR count). The average Bonchev–Trinajstić information content (AvgIpc) is 3.37. The van der Waals surface area contributed by atoms with Crippen molar-refractivity contribution in [3.05, 3.63) is 48.5 Å². The Bertz CT molecular complexity index is 1200. The molecule has 0 saturated heterocycles. The third-order valence-electron chi connectivity index (χ3n) is 4.58. The van der Waals surface area contributed by atoms with Crippen LogP contribution in [0.4, 0.5) is 5.69 Å². The number of nitrogens with zero attached hydrogens (tertiary/aromatic N) is 3. The molecular formula is C21H20N4O4S. The van der Waals surface area contributed by atoms with Gasteiger partial charge in [0.05, 0.1) is 25.7 Å². The molecule has 0 fully saturated rings. The number of amides is 1. The molecule has 0 radical (unpaired) electrons. The highest BCUT2D eigenvalue weighted by Gasteiger charge is 2.16. The maximum absolute atomic E-state index is 12.4. The van der Waals surface area contributed by atoms with Gasteiger partial charge in [-0.3, -0.25) is 4.79 Å². The molecule has 1 amide bonds. The lowest BCUT2D eigenvalue weighted by atomic mass is 10.2. The number of para-hydroxylation sites is 1. The largest absolute Gasteiger partial charge is 0.497 e. The predicted molar refractivity (Wildman–Crippen MR) is 115 cm³/mol. The number of rotatable bonds is 7. The Balaban J connectivity index is 1.43. The summed E-state index contributed by atoms with van der Waals surface area (Å²) >= 11 is 1.17. The molecular weight excluding hydrogens is 404 g/mol. The molecule has 2 heterocycles. The zero-order valence-corrected chi connectivity index (χ0v) is 17.5. The fourth-order valence-electron chi connectivity index (χ4n) is 3.09. The first-order valence-corrected chi connectivity index (χ1v) is 10.1. The number of carbonyl (C=O) groups excluding carboxylic acids is 1. The van der Waals surface area contributed by atoms with Gasteiger partial charge in [-0.25, -0.2) is 0 Å². The number of thioether (sulfide) groups is 1. The summed E-state index contributed by atoms with van der Waals surface area (Å²) in [6, 6.07) is 15.2. The van der Waals surface area contributed by atoms with Crippen molar-refractivity contribution in [2.24, 2.45) is 7.05 Å². The smallest absolute Gasteiger partial charge is 0.277 e.